The van der Waals surface area contributed by atoms with Gasteiger partial charge in [-0.3, -0.25) is 4.90 Å². The van der Waals surface area contributed by atoms with E-state index in [1.54, 1.807) is 12.1 Å². The molecule has 0 atom stereocenters. The molecule has 1 aromatic rings. The molecular formula is C16H23ClN4O2S. The van der Waals surface area contributed by atoms with Gasteiger partial charge < -0.3 is 5.32 Å². The monoisotopic (exact) mass is 370 g/mol. The highest BCUT2D eigenvalue weighted by Crippen LogP contribution is 2.24. The number of benzene rings is 1. The molecule has 6 nitrogen and oxygen atoms in total. The number of rotatable bonds is 4. The van der Waals surface area contributed by atoms with Crippen molar-refractivity contribution in [3.05, 3.63) is 29.3 Å². The van der Waals surface area contributed by atoms with E-state index in [1.165, 1.54) is 44.2 Å². The zero-order valence-electron chi connectivity index (χ0n) is 13.5. The van der Waals surface area contributed by atoms with E-state index in [-0.39, 0.29) is 4.90 Å². The average molecular weight is 371 g/mol. The Morgan fingerprint density at radius 2 is 1.92 bits per heavy atom. The number of halogens is 1. The van der Waals surface area contributed by atoms with Crippen LogP contribution in [0.25, 0.3) is 0 Å². The third-order valence-corrected chi connectivity index (χ3v) is 6.10. The standard InChI is InChI=1S/C16H23ClN4O2S/c17-14-6-8-15(9-7-14)24(22,23)20-16-18-11-21(12-19-16)10-13-4-2-1-3-5-13/h6-9,13H,1-5,10-12H2,(H2,18,19,20). The van der Waals surface area contributed by atoms with E-state index in [1.807, 2.05) is 0 Å². The maximum Gasteiger partial charge on any atom is 0.264 e. The quantitative estimate of drug-likeness (QED) is 0.853. The lowest BCUT2D eigenvalue weighted by Gasteiger charge is -2.31. The van der Waals surface area contributed by atoms with Gasteiger partial charge in [-0.15, -0.1) is 0 Å². The predicted molar refractivity (Wildman–Crippen MR) is 95.4 cm³/mol. The summed E-state index contributed by atoms with van der Waals surface area (Å²) in [6, 6.07) is 6.06. The van der Waals surface area contributed by atoms with E-state index in [4.69, 9.17) is 11.6 Å². The first kappa shape index (κ1) is 17.5. The topological polar surface area (TPSA) is 73.8 Å². The molecule has 0 amide bonds. The Labute approximate surface area is 148 Å². The number of hydrogen-bond donors (Lipinski definition) is 2. The molecule has 0 saturated heterocycles. The second-order valence-corrected chi connectivity index (χ2v) is 8.52. The summed E-state index contributed by atoms with van der Waals surface area (Å²) in [4.78, 5) is 6.71. The van der Waals surface area contributed by atoms with Crippen LogP contribution in [0.3, 0.4) is 0 Å². The Bertz CT molecular complexity index is 685. The molecule has 3 rings (SSSR count). The fourth-order valence-electron chi connectivity index (χ4n) is 3.19. The Morgan fingerprint density at radius 3 is 2.54 bits per heavy atom. The molecule has 132 valence electrons. The summed E-state index contributed by atoms with van der Waals surface area (Å²) < 4.78 is 27.1. The van der Waals surface area contributed by atoms with Crippen molar-refractivity contribution in [1.29, 1.82) is 0 Å². The highest BCUT2D eigenvalue weighted by molar-refractivity contribution is 7.90. The van der Waals surface area contributed by atoms with Crippen LogP contribution in [0, 0.1) is 5.92 Å². The smallest absolute Gasteiger partial charge is 0.264 e. The van der Waals surface area contributed by atoms with Gasteiger partial charge in [0.15, 0.2) is 0 Å². The van der Waals surface area contributed by atoms with Crippen LogP contribution in [0.15, 0.2) is 34.2 Å². The highest BCUT2D eigenvalue weighted by atomic mass is 35.5. The second-order valence-electron chi connectivity index (χ2n) is 6.40. The first-order valence-electron chi connectivity index (χ1n) is 8.32. The Balaban J connectivity index is 1.55. The summed E-state index contributed by atoms with van der Waals surface area (Å²) in [5.41, 5.74) is 0. The Kier molecular flexibility index (Phi) is 5.63. The molecule has 8 heteroatoms. The summed E-state index contributed by atoms with van der Waals surface area (Å²) in [5.74, 6) is 1.04. The van der Waals surface area contributed by atoms with Gasteiger partial charge >= 0.3 is 0 Å². The lowest BCUT2D eigenvalue weighted by Crippen LogP contribution is -2.51. The van der Waals surface area contributed by atoms with Gasteiger partial charge in [0.1, 0.15) is 0 Å². The van der Waals surface area contributed by atoms with Gasteiger partial charge in [0, 0.05) is 11.6 Å². The zero-order valence-corrected chi connectivity index (χ0v) is 15.1. The number of sulfonamides is 1. The molecule has 0 aromatic heterocycles. The third kappa shape index (κ3) is 4.62. The maximum atomic E-state index is 12.3. The van der Waals surface area contributed by atoms with Crippen molar-refractivity contribution in [3.8, 4) is 0 Å². The molecule has 0 bridgehead atoms. The van der Waals surface area contributed by atoms with E-state index in [0.717, 1.165) is 12.5 Å². The normalized spacial score (nSPS) is 20.3. The van der Waals surface area contributed by atoms with E-state index in [0.29, 0.717) is 24.3 Å². The van der Waals surface area contributed by atoms with Gasteiger partial charge in [-0.1, -0.05) is 30.9 Å². The van der Waals surface area contributed by atoms with Crippen molar-refractivity contribution in [2.24, 2.45) is 10.9 Å². The van der Waals surface area contributed by atoms with Crippen molar-refractivity contribution < 1.29 is 8.42 Å². The molecule has 2 N–H and O–H groups in total. The Morgan fingerprint density at radius 1 is 1.21 bits per heavy atom. The molecule has 1 aliphatic carbocycles. The van der Waals surface area contributed by atoms with E-state index in [2.05, 4.69) is 19.9 Å². The molecule has 1 heterocycles. The third-order valence-electron chi connectivity index (χ3n) is 4.50. The van der Waals surface area contributed by atoms with Gasteiger partial charge in [-0.2, -0.15) is 0 Å². The average Bonchev–Trinajstić information content (AvgIpc) is 2.58. The molecule has 2 aliphatic rings. The van der Waals surface area contributed by atoms with Crippen LogP contribution < -0.4 is 10.0 Å². The summed E-state index contributed by atoms with van der Waals surface area (Å²) in [5, 5.41) is 3.56. The minimum atomic E-state index is -3.64. The fraction of sp³-hybridized carbons (Fsp3) is 0.562. The van der Waals surface area contributed by atoms with Crippen molar-refractivity contribution in [2.75, 3.05) is 19.9 Å². The lowest BCUT2D eigenvalue weighted by atomic mass is 9.89. The summed E-state index contributed by atoms with van der Waals surface area (Å²) in [7, 11) is -3.64. The molecule has 0 unspecified atom stereocenters. The molecular weight excluding hydrogens is 348 g/mol. The summed E-state index contributed by atoms with van der Waals surface area (Å²) in [6.07, 6.45) is 6.57. The molecule has 0 radical (unpaired) electrons. The van der Waals surface area contributed by atoms with Crippen molar-refractivity contribution in [3.63, 3.8) is 0 Å². The second kappa shape index (κ2) is 7.72. The molecule has 1 saturated carbocycles. The predicted octanol–water partition coefficient (Wildman–Crippen LogP) is 2.37. The number of guanidine groups is 1. The summed E-state index contributed by atoms with van der Waals surface area (Å²) in [6.45, 7) is 2.15. The van der Waals surface area contributed by atoms with Gasteiger partial charge in [0.05, 0.1) is 18.2 Å². The largest absolute Gasteiger partial charge is 0.343 e. The van der Waals surface area contributed by atoms with E-state index < -0.39 is 10.0 Å². The Hall–Kier alpha value is -1.31. The number of hydrogen-bond acceptors (Lipinski definition) is 5. The minimum absolute atomic E-state index is 0.168. The van der Waals surface area contributed by atoms with Crippen LogP contribution in [-0.2, 0) is 10.0 Å². The van der Waals surface area contributed by atoms with Gasteiger partial charge in [-0.25, -0.2) is 18.1 Å². The van der Waals surface area contributed by atoms with Crippen LogP contribution in [0.1, 0.15) is 32.1 Å². The van der Waals surface area contributed by atoms with Gasteiger partial charge in [-0.05, 0) is 43.0 Å². The van der Waals surface area contributed by atoms with Crippen LogP contribution in [0.5, 0.6) is 0 Å². The fourth-order valence-corrected chi connectivity index (χ4v) is 4.32. The number of nitrogens with one attached hydrogen (secondary N) is 2. The molecule has 1 aromatic carbocycles. The SMILES string of the molecule is O=S(=O)(NC1=NCN(CC2CCCCC2)CN1)c1ccc(Cl)cc1. The van der Waals surface area contributed by atoms with Crippen LogP contribution >= 0.6 is 11.6 Å². The zero-order chi connectivity index (χ0) is 17.0. The highest BCUT2D eigenvalue weighted by Gasteiger charge is 2.22. The number of nitrogens with zero attached hydrogens (tertiary/aromatic N) is 2. The van der Waals surface area contributed by atoms with Crippen LogP contribution in [0.2, 0.25) is 5.02 Å². The van der Waals surface area contributed by atoms with Gasteiger partial charge in [0.25, 0.3) is 10.0 Å². The van der Waals surface area contributed by atoms with Crippen molar-refractivity contribution in [1.82, 2.24) is 14.9 Å². The van der Waals surface area contributed by atoms with E-state index >= 15 is 0 Å². The van der Waals surface area contributed by atoms with Crippen LogP contribution in [0.4, 0.5) is 0 Å². The van der Waals surface area contributed by atoms with Crippen molar-refractivity contribution in [2.45, 2.75) is 37.0 Å². The maximum absolute atomic E-state index is 12.3. The molecule has 0 spiro atoms. The number of aliphatic imine (C=N–C) groups is 1. The summed E-state index contributed by atoms with van der Waals surface area (Å²) >= 11 is 5.79. The first-order valence-corrected chi connectivity index (χ1v) is 10.2. The molecule has 1 fully saturated rings. The molecule has 24 heavy (non-hydrogen) atoms. The first-order chi connectivity index (χ1) is 11.5. The van der Waals surface area contributed by atoms with Crippen molar-refractivity contribution >= 4 is 27.6 Å². The molecule has 1 aliphatic heterocycles. The van der Waals surface area contributed by atoms with Gasteiger partial charge in [0.2, 0.25) is 5.96 Å². The lowest BCUT2D eigenvalue weighted by molar-refractivity contribution is 0.194. The van der Waals surface area contributed by atoms with E-state index in [9.17, 15) is 8.42 Å². The minimum Gasteiger partial charge on any atom is -0.343 e. The van der Waals surface area contributed by atoms with Crippen LogP contribution in [-0.4, -0.2) is 39.2 Å².